The Morgan fingerprint density at radius 2 is 2.46 bits per heavy atom. The van der Waals surface area contributed by atoms with E-state index in [0.29, 0.717) is 5.92 Å². The summed E-state index contributed by atoms with van der Waals surface area (Å²) in [5.74, 6) is 2.84. The molecule has 0 fully saturated rings. The minimum Gasteiger partial charge on any atom is -0.264 e. The predicted octanol–water partition coefficient (Wildman–Crippen LogP) is 2.64. The van der Waals surface area contributed by atoms with Crippen molar-refractivity contribution in [1.82, 2.24) is 0 Å². The van der Waals surface area contributed by atoms with Crippen LogP contribution in [0.2, 0.25) is 0 Å². The van der Waals surface area contributed by atoms with Gasteiger partial charge in [0.1, 0.15) is 5.84 Å². The van der Waals surface area contributed by atoms with Crippen LogP contribution in [0.5, 0.6) is 0 Å². The first-order chi connectivity index (χ1) is 6.38. The van der Waals surface area contributed by atoms with E-state index < -0.39 is 0 Å². The van der Waals surface area contributed by atoms with Gasteiger partial charge in [0.15, 0.2) is 0 Å². The molecule has 1 aliphatic heterocycles. The molecular weight excluding hydrogens is 180 g/mol. The van der Waals surface area contributed by atoms with Gasteiger partial charge in [-0.2, -0.15) is 11.8 Å². The van der Waals surface area contributed by atoms with E-state index in [-0.39, 0.29) is 0 Å². The third kappa shape index (κ3) is 3.51. The molecule has 0 aromatic rings. The summed E-state index contributed by atoms with van der Waals surface area (Å²) in [6, 6.07) is 0. The molecule has 0 bridgehead atoms. The number of hydrogen-bond donors (Lipinski definition) is 0. The van der Waals surface area contributed by atoms with Crippen molar-refractivity contribution >= 4 is 23.8 Å². The molecule has 0 aromatic heterocycles. The lowest BCUT2D eigenvalue weighted by molar-refractivity contribution is 0.628. The predicted molar refractivity (Wildman–Crippen MR) is 62.2 cm³/mol. The molecule has 0 radical (unpaired) electrons. The van der Waals surface area contributed by atoms with Gasteiger partial charge in [0.2, 0.25) is 0 Å². The summed E-state index contributed by atoms with van der Waals surface area (Å²) in [5, 5.41) is 0. The fourth-order valence-electron chi connectivity index (χ4n) is 1.48. The van der Waals surface area contributed by atoms with Crippen LogP contribution in [0, 0.1) is 5.92 Å². The van der Waals surface area contributed by atoms with Crippen LogP contribution in [-0.2, 0) is 0 Å². The van der Waals surface area contributed by atoms with E-state index >= 15 is 0 Å². The van der Waals surface area contributed by atoms with Crippen molar-refractivity contribution in [3.05, 3.63) is 0 Å². The van der Waals surface area contributed by atoms with Crippen molar-refractivity contribution in [2.24, 2.45) is 15.9 Å². The van der Waals surface area contributed by atoms with E-state index in [1.807, 2.05) is 18.0 Å². The van der Waals surface area contributed by atoms with E-state index in [1.165, 1.54) is 19.3 Å². The number of aliphatic imine (C=N–C) groups is 2. The SMILES string of the molecule is CCCCC(CSC)C1=NCC=N1. The Labute approximate surface area is 84.9 Å². The second-order valence-electron chi connectivity index (χ2n) is 3.31. The van der Waals surface area contributed by atoms with Gasteiger partial charge in [-0.15, -0.1) is 0 Å². The van der Waals surface area contributed by atoms with Gasteiger partial charge < -0.3 is 0 Å². The average molecular weight is 198 g/mol. The van der Waals surface area contributed by atoms with Gasteiger partial charge in [-0.05, 0) is 12.7 Å². The molecule has 0 aromatic carbocycles. The number of thioether (sulfide) groups is 1. The van der Waals surface area contributed by atoms with Crippen molar-refractivity contribution in [2.45, 2.75) is 26.2 Å². The molecule has 1 unspecified atom stereocenters. The Kier molecular flexibility index (Phi) is 5.13. The smallest absolute Gasteiger partial charge is 0.127 e. The maximum atomic E-state index is 4.39. The second-order valence-corrected chi connectivity index (χ2v) is 4.22. The zero-order valence-electron chi connectivity index (χ0n) is 8.49. The average Bonchev–Trinajstić information content (AvgIpc) is 2.65. The lowest BCUT2D eigenvalue weighted by Gasteiger charge is -2.12. The Morgan fingerprint density at radius 3 is 3.00 bits per heavy atom. The summed E-state index contributed by atoms with van der Waals surface area (Å²) in [6.45, 7) is 3.03. The topological polar surface area (TPSA) is 24.7 Å². The van der Waals surface area contributed by atoms with Gasteiger partial charge >= 0.3 is 0 Å². The van der Waals surface area contributed by atoms with Crippen molar-refractivity contribution in [1.29, 1.82) is 0 Å². The Balaban J connectivity index is 2.41. The van der Waals surface area contributed by atoms with E-state index in [4.69, 9.17) is 0 Å². The number of unbranched alkanes of at least 4 members (excludes halogenated alkanes) is 1. The summed E-state index contributed by atoms with van der Waals surface area (Å²) in [5.41, 5.74) is 0. The van der Waals surface area contributed by atoms with E-state index in [9.17, 15) is 0 Å². The quantitative estimate of drug-likeness (QED) is 0.644. The highest BCUT2D eigenvalue weighted by molar-refractivity contribution is 7.98. The number of nitrogens with zero attached hydrogens (tertiary/aromatic N) is 2. The number of amidine groups is 1. The van der Waals surface area contributed by atoms with Crippen LogP contribution in [0.25, 0.3) is 0 Å². The molecule has 13 heavy (non-hydrogen) atoms. The van der Waals surface area contributed by atoms with Crippen LogP contribution in [0.15, 0.2) is 9.98 Å². The first kappa shape index (κ1) is 10.8. The van der Waals surface area contributed by atoms with E-state index in [2.05, 4.69) is 23.2 Å². The van der Waals surface area contributed by atoms with Gasteiger partial charge in [0.25, 0.3) is 0 Å². The monoisotopic (exact) mass is 198 g/mol. The fourth-order valence-corrected chi connectivity index (χ4v) is 2.20. The van der Waals surface area contributed by atoms with Crippen molar-refractivity contribution in [3.8, 4) is 0 Å². The van der Waals surface area contributed by atoms with Crippen molar-refractivity contribution in [3.63, 3.8) is 0 Å². The first-order valence-corrected chi connectivity index (χ1v) is 6.33. The maximum Gasteiger partial charge on any atom is 0.127 e. The normalized spacial score (nSPS) is 17.5. The molecule has 0 N–H and O–H groups in total. The zero-order valence-corrected chi connectivity index (χ0v) is 9.31. The molecule has 1 heterocycles. The van der Waals surface area contributed by atoms with Crippen LogP contribution in [0.4, 0.5) is 0 Å². The van der Waals surface area contributed by atoms with Gasteiger partial charge in [-0.1, -0.05) is 19.8 Å². The summed E-state index contributed by atoms with van der Waals surface area (Å²) < 4.78 is 0. The molecule has 0 saturated heterocycles. The van der Waals surface area contributed by atoms with Gasteiger partial charge in [-0.25, -0.2) is 4.99 Å². The van der Waals surface area contributed by atoms with E-state index in [1.54, 1.807) is 0 Å². The molecule has 74 valence electrons. The molecule has 0 amide bonds. The molecule has 1 aliphatic rings. The Hall–Kier alpha value is -0.310. The highest BCUT2D eigenvalue weighted by Crippen LogP contribution is 2.17. The summed E-state index contributed by atoms with van der Waals surface area (Å²) in [4.78, 5) is 8.71. The Bertz CT molecular complexity index is 199. The lowest BCUT2D eigenvalue weighted by Crippen LogP contribution is -2.13. The third-order valence-corrected chi connectivity index (χ3v) is 2.93. The lowest BCUT2D eigenvalue weighted by atomic mass is 10.0. The minimum absolute atomic E-state index is 0.591. The van der Waals surface area contributed by atoms with Crippen LogP contribution < -0.4 is 0 Å². The zero-order chi connectivity index (χ0) is 9.52. The molecule has 0 spiro atoms. The number of hydrogen-bond acceptors (Lipinski definition) is 3. The fraction of sp³-hybridized carbons (Fsp3) is 0.800. The van der Waals surface area contributed by atoms with Crippen molar-refractivity contribution in [2.75, 3.05) is 18.6 Å². The van der Waals surface area contributed by atoms with Gasteiger partial charge in [0, 0.05) is 17.9 Å². The maximum absolute atomic E-state index is 4.39. The molecule has 1 rings (SSSR count). The third-order valence-electron chi connectivity index (χ3n) is 2.20. The van der Waals surface area contributed by atoms with Crippen molar-refractivity contribution < 1.29 is 0 Å². The summed E-state index contributed by atoms with van der Waals surface area (Å²) >= 11 is 1.89. The highest BCUT2D eigenvalue weighted by atomic mass is 32.2. The van der Waals surface area contributed by atoms with E-state index in [0.717, 1.165) is 18.1 Å². The van der Waals surface area contributed by atoms with Crippen LogP contribution in [0.1, 0.15) is 26.2 Å². The van der Waals surface area contributed by atoms with Crippen LogP contribution in [-0.4, -0.2) is 30.6 Å². The molecule has 2 nitrogen and oxygen atoms in total. The number of rotatable bonds is 6. The molecule has 1 atom stereocenters. The molecule has 0 saturated carbocycles. The highest BCUT2D eigenvalue weighted by Gasteiger charge is 2.15. The molecular formula is C10H18N2S. The second kappa shape index (κ2) is 6.19. The largest absolute Gasteiger partial charge is 0.264 e. The van der Waals surface area contributed by atoms with Gasteiger partial charge in [-0.3, -0.25) is 4.99 Å². The first-order valence-electron chi connectivity index (χ1n) is 4.94. The molecule has 0 aliphatic carbocycles. The summed E-state index contributed by atoms with van der Waals surface area (Å²) in [7, 11) is 0. The summed E-state index contributed by atoms with van der Waals surface area (Å²) in [6.07, 6.45) is 7.86. The Morgan fingerprint density at radius 1 is 1.62 bits per heavy atom. The van der Waals surface area contributed by atoms with Crippen LogP contribution in [0.3, 0.4) is 0 Å². The van der Waals surface area contributed by atoms with Crippen LogP contribution >= 0.6 is 11.8 Å². The minimum atomic E-state index is 0.591. The molecule has 3 heteroatoms. The van der Waals surface area contributed by atoms with Gasteiger partial charge in [0.05, 0.1) is 6.54 Å². The standard InChI is InChI=1S/C10H18N2S/c1-3-4-5-9(8-13-2)10-11-6-7-12-10/h6,9H,3-5,7-8H2,1-2H3.